The molecular formula is C18H26N6O4S. The first-order chi connectivity index (χ1) is 13.8. The van der Waals surface area contributed by atoms with Gasteiger partial charge in [-0.3, -0.25) is 20.4 Å². The van der Waals surface area contributed by atoms with Crippen LogP contribution >= 0.6 is 0 Å². The number of fused-ring (bicyclic) bond motifs is 3. The summed E-state index contributed by atoms with van der Waals surface area (Å²) in [4.78, 5) is 15.4. The number of piperazine rings is 1. The van der Waals surface area contributed by atoms with E-state index in [1.54, 1.807) is 12.1 Å². The van der Waals surface area contributed by atoms with Crippen LogP contribution in [0, 0.1) is 16.0 Å². The van der Waals surface area contributed by atoms with E-state index in [4.69, 9.17) is 0 Å². The van der Waals surface area contributed by atoms with Crippen LogP contribution in [0.15, 0.2) is 23.3 Å². The molecule has 5 rings (SSSR count). The predicted octanol–water partition coefficient (Wildman–Crippen LogP) is 1.17. The molecule has 4 aliphatic heterocycles. The number of nitrogens with one attached hydrogen (secondary N) is 1. The second kappa shape index (κ2) is 7.88. The van der Waals surface area contributed by atoms with Crippen molar-refractivity contribution in [2.45, 2.75) is 12.8 Å². The van der Waals surface area contributed by atoms with Gasteiger partial charge in [0.2, 0.25) is 10.0 Å². The zero-order chi connectivity index (χ0) is 20.6. The number of hydrazone groups is 1. The summed E-state index contributed by atoms with van der Waals surface area (Å²) in [6.07, 6.45) is 3.39. The fourth-order valence-electron chi connectivity index (χ4n) is 4.29. The molecule has 4 aliphatic rings. The summed E-state index contributed by atoms with van der Waals surface area (Å²) in [7, 11) is -3.20. The second-order valence-electron chi connectivity index (χ2n) is 7.87. The highest BCUT2D eigenvalue weighted by atomic mass is 32.2. The Morgan fingerprint density at radius 1 is 1.14 bits per heavy atom. The van der Waals surface area contributed by atoms with E-state index in [1.165, 1.54) is 16.6 Å². The van der Waals surface area contributed by atoms with Gasteiger partial charge < -0.3 is 4.90 Å². The smallest absolute Gasteiger partial charge is 0.294 e. The minimum Gasteiger partial charge on any atom is -0.369 e. The lowest BCUT2D eigenvalue weighted by Crippen LogP contribution is -2.48. The summed E-state index contributed by atoms with van der Waals surface area (Å²) in [6.45, 7) is 4.89. The lowest BCUT2D eigenvalue weighted by molar-refractivity contribution is -0.383. The quantitative estimate of drug-likeness (QED) is 0.560. The minimum atomic E-state index is -3.20. The molecule has 4 saturated heterocycles. The SMILES string of the molecule is CS(=O)(=O)N1CCN(c2ccc([N+](=O)[O-])c(N/N=C3/CN4CCC3CC4)c2)CC1. The van der Waals surface area contributed by atoms with Gasteiger partial charge in [-0.05, 0) is 38.1 Å². The molecule has 2 bridgehead atoms. The highest BCUT2D eigenvalue weighted by molar-refractivity contribution is 7.88. The average molecular weight is 423 g/mol. The molecule has 0 aromatic heterocycles. The van der Waals surface area contributed by atoms with Crippen molar-refractivity contribution < 1.29 is 13.3 Å². The van der Waals surface area contributed by atoms with Crippen LogP contribution in [-0.4, -0.2) is 80.3 Å². The largest absolute Gasteiger partial charge is 0.369 e. The maximum Gasteiger partial charge on any atom is 0.294 e. The number of nitro benzene ring substituents is 1. The Morgan fingerprint density at radius 3 is 2.38 bits per heavy atom. The second-order valence-corrected chi connectivity index (χ2v) is 9.86. The normalized spacial score (nSPS) is 26.7. The molecule has 1 N–H and O–H groups in total. The number of hydrogen-bond acceptors (Lipinski definition) is 8. The van der Waals surface area contributed by atoms with Gasteiger partial charge in [0, 0.05) is 50.4 Å². The number of nitrogens with zero attached hydrogens (tertiary/aromatic N) is 5. The van der Waals surface area contributed by atoms with Crippen molar-refractivity contribution in [3.05, 3.63) is 28.3 Å². The van der Waals surface area contributed by atoms with Crippen LogP contribution in [-0.2, 0) is 10.0 Å². The molecule has 29 heavy (non-hydrogen) atoms. The van der Waals surface area contributed by atoms with Crippen molar-refractivity contribution in [1.82, 2.24) is 9.21 Å². The Kier molecular flexibility index (Phi) is 5.45. The van der Waals surface area contributed by atoms with Crippen LogP contribution in [0.1, 0.15) is 12.8 Å². The molecule has 11 heteroatoms. The highest BCUT2D eigenvalue weighted by Crippen LogP contribution is 2.31. The zero-order valence-corrected chi connectivity index (χ0v) is 17.3. The number of anilines is 2. The molecule has 10 nitrogen and oxygen atoms in total. The molecule has 0 aliphatic carbocycles. The summed E-state index contributed by atoms with van der Waals surface area (Å²) in [5.41, 5.74) is 5.17. The van der Waals surface area contributed by atoms with E-state index in [-0.39, 0.29) is 5.69 Å². The van der Waals surface area contributed by atoms with Gasteiger partial charge >= 0.3 is 0 Å². The van der Waals surface area contributed by atoms with E-state index in [9.17, 15) is 18.5 Å². The molecule has 0 spiro atoms. The number of nitro groups is 1. The Balaban J connectivity index is 1.52. The predicted molar refractivity (Wildman–Crippen MR) is 112 cm³/mol. The van der Waals surface area contributed by atoms with Crippen LogP contribution in [0.3, 0.4) is 0 Å². The Bertz CT molecular complexity index is 918. The van der Waals surface area contributed by atoms with Crippen LogP contribution in [0.4, 0.5) is 17.1 Å². The molecule has 4 fully saturated rings. The first-order valence-electron chi connectivity index (χ1n) is 9.84. The number of benzene rings is 1. The van der Waals surface area contributed by atoms with Gasteiger partial charge in [0.05, 0.1) is 16.9 Å². The van der Waals surface area contributed by atoms with Gasteiger partial charge in [0.15, 0.2) is 0 Å². The van der Waals surface area contributed by atoms with Gasteiger partial charge in [-0.15, -0.1) is 0 Å². The molecule has 0 unspecified atom stereocenters. The molecule has 0 amide bonds. The van der Waals surface area contributed by atoms with Crippen LogP contribution in [0.2, 0.25) is 0 Å². The lowest BCUT2D eigenvalue weighted by Gasteiger charge is -2.39. The summed E-state index contributed by atoms with van der Waals surface area (Å²) >= 11 is 0. The fraction of sp³-hybridized carbons (Fsp3) is 0.611. The van der Waals surface area contributed by atoms with Gasteiger partial charge in [0.25, 0.3) is 5.69 Å². The molecule has 0 saturated carbocycles. The lowest BCUT2D eigenvalue weighted by atomic mass is 9.87. The minimum absolute atomic E-state index is 0.0193. The van der Waals surface area contributed by atoms with E-state index >= 15 is 0 Å². The third-order valence-corrected chi connectivity index (χ3v) is 7.32. The number of hydrogen-bond donors (Lipinski definition) is 1. The van der Waals surface area contributed by atoms with Crippen molar-refractivity contribution >= 4 is 32.8 Å². The van der Waals surface area contributed by atoms with Crippen molar-refractivity contribution in [3.63, 3.8) is 0 Å². The zero-order valence-electron chi connectivity index (χ0n) is 16.5. The van der Waals surface area contributed by atoms with E-state index in [2.05, 4.69) is 15.4 Å². The van der Waals surface area contributed by atoms with Crippen molar-refractivity contribution in [2.24, 2.45) is 11.0 Å². The summed E-state index contributed by atoms with van der Waals surface area (Å²) < 4.78 is 24.8. The molecule has 0 atom stereocenters. The topological polar surface area (TPSA) is 111 Å². The number of piperidine rings is 3. The Morgan fingerprint density at radius 2 is 1.83 bits per heavy atom. The van der Waals surface area contributed by atoms with E-state index < -0.39 is 14.9 Å². The Hall–Kier alpha value is -2.24. The van der Waals surface area contributed by atoms with Crippen molar-refractivity contribution in [2.75, 3.05) is 62.4 Å². The van der Waals surface area contributed by atoms with Crippen LogP contribution in [0.5, 0.6) is 0 Å². The molecule has 1 aromatic rings. The van der Waals surface area contributed by atoms with Gasteiger partial charge in [-0.2, -0.15) is 9.41 Å². The molecular weight excluding hydrogens is 396 g/mol. The summed E-state index contributed by atoms with van der Waals surface area (Å²) in [5, 5.41) is 16.0. The monoisotopic (exact) mass is 422 g/mol. The molecule has 0 radical (unpaired) electrons. The third-order valence-electron chi connectivity index (χ3n) is 6.01. The third kappa shape index (κ3) is 4.36. The maximum atomic E-state index is 11.7. The van der Waals surface area contributed by atoms with Crippen molar-refractivity contribution in [3.8, 4) is 0 Å². The standard InChI is InChI=1S/C18H26N6O4S/c1-29(27,28)23-10-8-22(9-11-23)15-2-3-18(24(25)26)16(12-15)19-20-17-13-21-6-4-14(17)5-7-21/h2-3,12,14,19H,4-11,13H2,1H3/b20-17-. The van der Waals surface area contributed by atoms with E-state index in [0.717, 1.165) is 43.9 Å². The van der Waals surface area contributed by atoms with Gasteiger partial charge in [-0.1, -0.05) is 0 Å². The summed E-state index contributed by atoms with van der Waals surface area (Å²) in [6, 6.07) is 4.93. The summed E-state index contributed by atoms with van der Waals surface area (Å²) in [5.74, 6) is 0.457. The van der Waals surface area contributed by atoms with Crippen LogP contribution < -0.4 is 10.3 Å². The highest BCUT2D eigenvalue weighted by Gasteiger charge is 2.31. The number of rotatable bonds is 5. The first-order valence-corrected chi connectivity index (χ1v) is 11.7. The number of sulfonamides is 1. The fourth-order valence-corrected chi connectivity index (χ4v) is 5.12. The van der Waals surface area contributed by atoms with E-state index in [1.807, 2.05) is 4.90 Å². The van der Waals surface area contributed by atoms with Gasteiger partial charge in [0.1, 0.15) is 5.69 Å². The Labute approximate surface area is 170 Å². The van der Waals surface area contributed by atoms with Crippen LogP contribution in [0.25, 0.3) is 0 Å². The first kappa shape index (κ1) is 20.0. The van der Waals surface area contributed by atoms with Gasteiger partial charge in [-0.25, -0.2) is 8.42 Å². The molecule has 1 aromatic carbocycles. The molecule has 158 valence electrons. The molecule has 4 heterocycles. The maximum absolute atomic E-state index is 11.7. The van der Waals surface area contributed by atoms with Crippen molar-refractivity contribution in [1.29, 1.82) is 0 Å². The van der Waals surface area contributed by atoms with E-state index in [0.29, 0.717) is 37.8 Å². The average Bonchev–Trinajstić information content (AvgIpc) is 2.72.